The number of pyridine rings is 1. The first-order valence-corrected chi connectivity index (χ1v) is 10.7. The Morgan fingerprint density at radius 1 is 1.14 bits per heavy atom. The quantitative estimate of drug-likeness (QED) is 0.716. The normalized spacial score (nSPS) is 11.4. The molecule has 0 atom stereocenters. The van der Waals surface area contributed by atoms with Gasteiger partial charge in [-0.1, -0.05) is 38.9 Å². The second-order valence-corrected chi connectivity index (χ2v) is 10.6. The number of nitrogens with zero attached hydrogens (tertiary/aromatic N) is 2. The maximum atomic E-state index is 14.5. The van der Waals surface area contributed by atoms with Crippen LogP contribution in [0, 0.1) is 5.82 Å². The fourth-order valence-corrected chi connectivity index (χ4v) is 6.70. The van der Waals surface area contributed by atoms with E-state index in [4.69, 9.17) is 4.74 Å². The average Bonchev–Trinajstić information content (AvgIpc) is 2.52. The van der Waals surface area contributed by atoms with E-state index in [0.717, 1.165) is 18.1 Å². The molecule has 0 aliphatic carbocycles. The minimum absolute atomic E-state index is 0.300. The van der Waals surface area contributed by atoms with Crippen LogP contribution in [0.1, 0.15) is 34.6 Å². The van der Waals surface area contributed by atoms with Crippen LogP contribution in [0.2, 0.25) is 18.1 Å². The Labute approximate surface area is 133 Å². The molecular formula is C16H27FN2O2Si. The van der Waals surface area contributed by atoms with E-state index in [2.05, 4.69) is 25.8 Å². The number of ether oxygens (including phenoxy) is 1. The van der Waals surface area contributed by atoms with Gasteiger partial charge in [0.15, 0.2) is 5.75 Å². The van der Waals surface area contributed by atoms with Crippen molar-refractivity contribution in [2.75, 3.05) is 13.1 Å². The van der Waals surface area contributed by atoms with Gasteiger partial charge in [0.05, 0.1) is 20.5 Å². The summed E-state index contributed by atoms with van der Waals surface area (Å²) in [5.74, 6) is -0.0452. The maximum Gasteiger partial charge on any atom is 0.415 e. The maximum absolute atomic E-state index is 14.5. The number of rotatable bonds is 7. The molecule has 124 valence electrons. The van der Waals surface area contributed by atoms with Crippen LogP contribution in [0.15, 0.2) is 12.4 Å². The lowest BCUT2D eigenvalue weighted by Gasteiger charge is -2.30. The zero-order valence-corrected chi connectivity index (χ0v) is 15.3. The third-order valence-corrected chi connectivity index (χ3v) is 10.3. The van der Waals surface area contributed by atoms with Gasteiger partial charge in [-0.3, -0.25) is 4.98 Å². The first-order chi connectivity index (χ1) is 10.5. The van der Waals surface area contributed by atoms with Crippen molar-refractivity contribution in [1.82, 2.24) is 9.88 Å². The lowest BCUT2D eigenvalue weighted by molar-refractivity contribution is 0.157. The minimum atomic E-state index is -2.02. The summed E-state index contributed by atoms with van der Waals surface area (Å²) >= 11 is 0. The second kappa shape index (κ2) is 8.27. The third-order valence-electron chi connectivity index (χ3n) is 4.64. The largest absolute Gasteiger partial charge is 0.415 e. The lowest BCUT2D eigenvalue weighted by atomic mass is 10.4. The van der Waals surface area contributed by atoms with Crippen LogP contribution < -0.4 is 9.92 Å². The molecule has 4 nitrogen and oxygen atoms in total. The van der Waals surface area contributed by atoms with Crippen LogP contribution in [-0.2, 0) is 0 Å². The topological polar surface area (TPSA) is 42.4 Å². The summed E-state index contributed by atoms with van der Waals surface area (Å²) in [7, 11) is -2.02. The molecule has 0 saturated heterocycles. The number of carbonyl (C=O) groups is 1. The number of hydrogen-bond acceptors (Lipinski definition) is 3. The van der Waals surface area contributed by atoms with Crippen molar-refractivity contribution < 1.29 is 13.9 Å². The van der Waals surface area contributed by atoms with E-state index in [0.29, 0.717) is 24.0 Å². The fourth-order valence-electron chi connectivity index (χ4n) is 2.93. The molecule has 1 rings (SSSR count). The van der Waals surface area contributed by atoms with Gasteiger partial charge in [-0.2, -0.15) is 0 Å². The highest BCUT2D eigenvalue weighted by atomic mass is 28.3. The molecule has 0 fully saturated rings. The second-order valence-electron chi connectivity index (χ2n) is 5.38. The SMILES string of the molecule is CCN(CC)C(=O)Oc1cncc(F)c1[Si](CC)(CC)CC. The lowest BCUT2D eigenvalue weighted by Crippen LogP contribution is -2.49. The molecule has 0 aliphatic heterocycles. The van der Waals surface area contributed by atoms with Crippen LogP contribution in [0.3, 0.4) is 0 Å². The molecule has 0 saturated carbocycles. The number of hydrogen-bond donors (Lipinski definition) is 0. The van der Waals surface area contributed by atoms with Crippen molar-refractivity contribution in [3.8, 4) is 5.75 Å². The van der Waals surface area contributed by atoms with Gasteiger partial charge in [-0.05, 0) is 13.8 Å². The smallest absolute Gasteiger partial charge is 0.409 e. The molecule has 0 bridgehead atoms. The summed E-state index contributed by atoms with van der Waals surface area (Å²) in [5.41, 5.74) is 0. The molecule has 1 aromatic rings. The van der Waals surface area contributed by atoms with Gasteiger partial charge in [0.25, 0.3) is 0 Å². The van der Waals surface area contributed by atoms with E-state index in [9.17, 15) is 9.18 Å². The van der Waals surface area contributed by atoms with Gasteiger partial charge in [-0.25, -0.2) is 9.18 Å². The molecule has 6 heteroatoms. The highest BCUT2D eigenvalue weighted by Crippen LogP contribution is 2.26. The predicted molar refractivity (Wildman–Crippen MR) is 90.0 cm³/mol. The van der Waals surface area contributed by atoms with E-state index >= 15 is 0 Å². The standard InChI is InChI=1S/C16H27FN2O2Si/c1-6-19(7-2)16(20)21-14-12-18-11-13(17)15(14)22(8-3,9-4)10-5/h11-12H,6-10H2,1-5H3. The summed E-state index contributed by atoms with van der Waals surface area (Å²) in [4.78, 5) is 17.6. The molecule has 0 spiro atoms. The number of amides is 1. The molecule has 1 amide bonds. The highest BCUT2D eigenvalue weighted by Gasteiger charge is 2.36. The molecule has 0 aromatic carbocycles. The van der Waals surface area contributed by atoms with Crippen molar-refractivity contribution in [2.24, 2.45) is 0 Å². The number of carbonyl (C=O) groups excluding carboxylic acids is 1. The van der Waals surface area contributed by atoms with Crippen molar-refractivity contribution in [3.63, 3.8) is 0 Å². The van der Waals surface area contributed by atoms with Gasteiger partial charge >= 0.3 is 6.09 Å². The summed E-state index contributed by atoms with van der Waals surface area (Å²) in [6.07, 6.45) is 2.26. The molecule has 1 aromatic heterocycles. The number of halogens is 1. The zero-order valence-electron chi connectivity index (χ0n) is 14.3. The molecule has 0 unspecified atom stereocenters. The van der Waals surface area contributed by atoms with Crippen LogP contribution in [0.5, 0.6) is 5.75 Å². The molecule has 0 N–H and O–H groups in total. The molecule has 22 heavy (non-hydrogen) atoms. The summed E-state index contributed by atoms with van der Waals surface area (Å²) in [6, 6.07) is 2.74. The van der Waals surface area contributed by atoms with Gasteiger partial charge in [0, 0.05) is 18.3 Å². The molecular weight excluding hydrogens is 299 g/mol. The first kappa shape index (κ1) is 18.6. The van der Waals surface area contributed by atoms with Gasteiger partial charge < -0.3 is 9.64 Å². The third kappa shape index (κ3) is 3.66. The van der Waals surface area contributed by atoms with Crippen molar-refractivity contribution >= 4 is 19.4 Å². The predicted octanol–water partition coefficient (Wildman–Crippen LogP) is 3.78. The van der Waals surface area contributed by atoms with Crippen LogP contribution in [0.4, 0.5) is 9.18 Å². The van der Waals surface area contributed by atoms with E-state index in [1.807, 2.05) is 13.8 Å². The van der Waals surface area contributed by atoms with E-state index in [1.54, 1.807) is 4.90 Å². The van der Waals surface area contributed by atoms with Crippen molar-refractivity contribution in [1.29, 1.82) is 0 Å². The van der Waals surface area contributed by atoms with Crippen molar-refractivity contribution in [2.45, 2.75) is 52.8 Å². The summed E-state index contributed by atoms with van der Waals surface area (Å²) in [5, 5.41) is 0.607. The first-order valence-electron chi connectivity index (χ1n) is 8.10. The molecule has 0 aliphatic rings. The van der Waals surface area contributed by atoms with E-state index in [-0.39, 0.29) is 5.82 Å². The Balaban J connectivity index is 3.27. The molecule has 1 heterocycles. The average molecular weight is 326 g/mol. The summed E-state index contributed by atoms with van der Waals surface area (Å²) < 4.78 is 20.0. The highest BCUT2D eigenvalue weighted by molar-refractivity contribution is 6.92. The minimum Gasteiger partial charge on any atom is -0.409 e. The monoisotopic (exact) mass is 326 g/mol. The Kier molecular flexibility index (Phi) is 6.99. The zero-order chi connectivity index (χ0) is 16.8. The Morgan fingerprint density at radius 2 is 1.68 bits per heavy atom. The van der Waals surface area contributed by atoms with Gasteiger partial charge in [0.2, 0.25) is 0 Å². The Morgan fingerprint density at radius 3 is 2.14 bits per heavy atom. The summed E-state index contributed by atoms with van der Waals surface area (Å²) in [6.45, 7) is 11.2. The Hall–Kier alpha value is -1.43. The van der Waals surface area contributed by atoms with Gasteiger partial charge in [-0.15, -0.1) is 0 Å². The van der Waals surface area contributed by atoms with E-state index in [1.165, 1.54) is 12.4 Å². The van der Waals surface area contributed by atoms with Crippen LogP contribution >= 0.6 is 0 Å². The van der Waals surface area contributed by atoms with E-state index < -0.39 is 14.2 Å². The van der Waals surface area contributed by atoms with Crippen LogP contribution in [0.25, 0.3) is 0 Å². The Bertz CT molecular complexity index is 495. The number of aromatic nitrogens is 1. The van der Waals surface area contributed by atoms with Crippen LogP contribution in [-0.4, -0.2) is 37.1 Å². The van der Waals surface area contributed by atoms with Crippen molar-refractivity contribution in [3.05, 3.63) is 18.2 Å². The fraction of sp³-hybridized carbons (Fsp3) is 0.625. The molecule has 0 radical (unpaired) electrons. The van der Waals surface area contributed by atoms with Gasteiger partial charge in [0.1, 0.15) is 5.82 Å².